The van der Waals surface area contributed by atoms with Gasteiger partial charge in [-0.3, -0.25) is 0 Å². The summed E-state index contributed by atoms with van der Waals surface area (Å²) in [6.07, 6.45) is 0.839. The number of hydrogen-bond donors (Lipinski definition) is 0. The van der Waals surface area contributed by atoms with Crippen molar-refractivity contribution in [3.63, 3.8) is 0 Å². The fraction of sp³-hybridized carbons (Fsp3) is 0.0690. The average molecular weight is 593 g/mol. The van der Waals surface area contributed by atoms with Crippen molar-refractivity contribution in [1.82, 2.24) is 5.16 Å². The van der Waals surface area contributed by atoms with Crippen molar-refractivity contribution in [3.8, 4) is 11.3 Å². The van der Waals surface area contributed by atoms with Crippen LogP contribution in [0.25, 0.3) is 11.3 Å². The highest BCUT2D eigenvalue weighted by molar-refractivity contribution is 9.10. The molecule has 0 fully saturated rings. The van der Waals surface area contributed by atoms with E-state index in [0.717, 1.165) is 27.7 Å². The molecule has 0 N–H and O–H groups in total. The van der Waals surface area contributed by atoms with Crippen molar-refractivity contribution in [2.45, 2.75) is 13.1 Å². The van der Waals surface area contributed by atoms with Crippen molar-refractivity contribution < 1.29 is 21.5 Å². The maximum atomic E-state index is 5.93. The number of benzene rings is 4. The molecule has 0 unspecified atom stereocenters. The molecule has 4 aromatic carbocycles. The molecule has 5 rings (SSSR count). The minimum atomic E-state index is -2.04. The molecule has 1 heterocycles. The van der Waals surface area contributed by atoms with Gasteiger partial charge in [0.1, 0.15) is 29.3 Å². The highest BCUT2D eigenvalue weighted by atomic mass is 79.9. The van der Waals surface area contributed by atoms with Gasteiger partial charge in [0.05, 0.1) is 11.3 Å². The molecule has 0 bridgehead atoms. The van der Waals surface area contributed by atoms with Gasteiger partial charge >= 0.3 is 0 Å². The fourth-order valence-corrected chi connectivity index (χ4v) is 9.01. The third-order valence-corrected chi connectivity index (χ3v) is 10.9. The Balaban J connectivity index is 0.00000274. The van der Waals surface area contributed by atoms with Crippen LogP contribution in [-0.2, 0) is 6.16 Å². The van der Waals surface area contributed by atoms with Crippen LogP contribution in [0.5, 0.6) is 0 Å². The first-order chi connectivity index (χ1) is 16.2. The summed E-state index contributed by atoms with van der Waals surface area (Å²) >= 11 is 3.54. The Bertz CT molecular complexity index is 1240. The van der Waals surface area contributed by atoms with Crippen molar-refractivity contribution in [2.24, 2.45) is 0 Å². The van der Waals surface area contributed by atoms with Crippen molar-refractivity contribution in [3.05, 3.63) is 131 Å². The van der Waals surface area contributed by atoms with E-state index in [1.54, 1.807) is 0 Å². The maximum Gasteiger partial charge on any atom is 0.173 e. The molecule has 5 heteroatoms. The van der Waals surface area contributed by atoms with Crippen LogP contribution in [0.2, 0.25) is 0 Å². The predicted octanol–water partition coefficient (Wildman–Crippen LogP) is 3.91. The average Bonchev–Trinajstić information content (AvgIpc) is 3.24. The molecule has 34 heavy (non-hydrogen) atoms. The van der Waals surface area contributed by atoms with E-state index in [1.165, 1.54) is 21.5 Å². The van der Waals surface area contributed by atoms with Crippen LogP contribution in [0, 0.1) is 6.92 Å². The third-order valence-electron chi connectivity index (χ3n) is 6.08. The predicted molar refractivity (Wildman–Crippen MR) is 143 cm³/mol. The van der Waals surface area contributed by atoms with E-state index in [9.17, 15) is 0 Å². The summed E-state index contributed by atoms with van der Waals surface area (Å²) in [6.45, 7) is 2.05. The van der Waals surface area contributed by atoms with Crippen LogP contribution in [0.15, 0.2) is 124 Å². The molecule has 0 amide bonds. The van der Waals surface area contributed by atoms with E-state index in [0.29, 0.717) is 0 Å². The van der Waals surface area contributed by atoms with Crippen molar-refractivity contribution in [2.75, 3.05) is 0 Å². The summed E-state index contributed by atoms with van der Waals surface area (Å²) in [6, 6.07) is 41.0. The Labute approximate surface area is 220 Å². The van der Waals surface area contributed by atoms with Crippen LogP contribution in [0.1, 0.15) is 11.3 Å². The maximum absolute atomic E-state index is 5.93. The van der Waals surface area contributed by atoms with E-state index in [-0.39, 0.29) is 17.0 Å². The Kier molecular flexibility index (Phi) is 7.83. The summed E-state index contributed by atoms with van der Waals surface area (Å²) in [5.74, 6) is 0.854. The fourth-order valence-electron chi connectivity index (χ4n) is 4.41. The normalized spacial score (nSPS) is 11.1. The number of halogens is 2. The topological polar surface area (TPSA) is 26.0 Å². The van der Waals surface area contributed by atoms with Crippen molar-refractivity contribution >= 4 is 39.1 Å². The van der Waals surface area contributed by atoms with E-state index in [1.807, 2.05) is 12.1 Å². The first kappa shape index (κ1) is 24.6. The zero-order valence-electron chi connectivity index (χ0n) is 18.7. The summed E-state index contributed by atoms with van der Waals surface area (Å²) in [5, 5.41) is 8.47. The number of aryl methyl sites for hydroxylation is 1. The van der Waals surface area contributed by atoms with E-state index >= 15 is 0 Å². The smallest absolute Gasteiger partial charge is 0.173 e. The van der Waals surface area contributed by atoms with E-state index in [2.05, 4.69) is 131 Å². The monoisotopic (exact) mass is 591 g/mol. The van der Waals surface area contributed by atoms with Gasteiger partial charge in [0.15, 0.2) is 5.76 Å². The van der Waals surface area contributed by atoms with Gasteiger partial charge in [-0.1, -0.05) is 87.8 Å². The van der Waals surface area contributed by atoms with Crippen LogP contribution in [-0.4, -0.2) is 5.16 Å². The second-order valence-corrected chi connectivity index (χ2v) is 12.5. The third kappa shape index (κ3) is 4.68. The quantitative estimate of drug-likeness (QED) is 0.280. The van der Waals surface area contributed by atoms with Gasteiger partial charge in [0.25, 0.3) is 0 Å². The molecule has 1 aromatic heterocycles. The number of nitrogens with zero attached hydrogens (tertiary/aromatic N) is 1. The number of aromatic nitrogens is 1. The first-order valence-electron chi connectivity index (χ1n) is 10.9. The Morgan fingerprint density at radius 3 is 1.56 bits per heavy atom. The standard InChI is InChI=1S/C29H24BrNOP.BrH/c1-22-28(29(32-31-22)23-17-19-24(30)20-18-23)21-33(25-11-5-2-6-12-25,26-13-7-3-8-14-26)27-15-9-4-10-16-27;/h2-20H,21H2,1H3;1H/q+1;/p-1. The molecule has 0 radical (unpaired) electrons. The van der Waals surface area contributed by atoms with Gasteiger partial charge < -0.3 is 21.5 Å². The van der Waals surface area contributed by atoms with Gasteiger partial charge in [-0.15, -0.1) is 0 Å². The molecule has 0 saturated heterocycles. The Hall–Kier alpha value is -2.52. The van der Waals surface area contributed by atoms with Crippen LogP contribution in [0.3, 0.4) is 0 Å². The van der Waals surface area contributed by atoms with E-state index < -0.39 is 7.26 Å². The van der Waals surface area contributed by atoms with Gasteiger partial charge in [-0.05, 0) is 55.5 Å². The van der Waals surface area contributed by atoms with Crippen LogP contribution in [0.4, 0.5) is 0 Å². The van der Waals surface area contributed by atoms with Crippen LogP contribution < -0.4 is 32.9 Å². The van der Waals surface area contributed by atoms with E-state index in [4.69, 9.17) is 4.52 Å². The molecule has 0 saturated carbocycles. The zero-order chi connectivity index (χ0) is 22.7. The molecule has 0 aliphatic carbocycles. The highest BCUT2D eigenvalue weighted by Crippen LogP contribution is 2.59. The number of rotatable bonds is 6. The minimum Gasteiger partial charge on any atom is -1.00 e. The van der Waals surface area contributed by atoms with Crippen molar-refractivity contribution in [1.29, 1.82) is 0 Å². The molecular formula is C29H24Br2NOP. The largest absolute Gasteiger partial charge is 1.00 e. The molecule has 2 nitrogen and oxygen atoms in total. The molecular weight excluding hydrogens is 569 g/mol. The second kappa shape index (κ2) is 10.8. The number of hydrogen-bond acceptors (Lipinski definition) is 2. The Morgan fingerprint density at radius 1 is 0.676 bits per heavy atom. The summed E-state index contributed by atoms with van der Waals surface area (Å²) < 4.78 is 6.97. The highest BCUT2D eigenvalue weighted by Gasteiger charge is 2.47. The van der Waals surface area contributed by atoms with Gasteiger partial charge in [0, 0.05) is 10.0 Å². The lowest BCUT2D eigenvalue weighted by Gasteiger charge is -2.27. The second-order valence-electron chi connectivity index (χ2n) is 8.06. The molecule has 5 aromatic rings. The molecule has 0 atom stereocenters. The minimum absolute atomic E-state index is 0. The molecule has 170 valence electrons. The summed E-state index contributed by atoms with van der Waals surface area (Å²) in [4.78, 5) is 0. The summed E-state index contributed by atoms with van der Waals surface area (Å²) in [7, 11) is -2.04. The lowest BCUT2D eigenvalue weighted by molar-refractivity contribution is -0.00000670. The van der Waals surface area contributed by atoms with Gasteiger partial charge in [0.2, 0.25) is 0 Å². The van der Waals surface area contributed by atoms with Gasteiger partial charge in [-0.25, -0.2) is 0 Å². The Morgan fingerprint density at radius 2 is 1.12 bits per heavy atom. The summed E-state index contributed by atoms with van der Waals surface area (Å²) in [5.41, 5.74) is 3.16. The SMILES string of the molecule is Cc1noc(-c2ccc(Br)cc2)c1C[P+](c1ccccc1)(c1ccccc1)c1ccccc1.[Br-]. The van der Waals surface area contributed by atoms with Crippen LogP contribution >= 0.6 is 23.2 Å². The lowest BCUT2D eigenvalue weighted by Crippen LogP contribution is -3.00. The lowest BCUT2D eigenvalue weighted by atomic mass is 10.1. The molecule has 0 aliphatic heterocycles. The molecule has 0 aliphatic rings. The first-order valence-corrected chi connectivity index (χ1v) is 13.7. The molecule has 0 spiro atoms. The zero-order valence-corrected chi connectivity index (χ0v) is 22.8. The van der Waals surface area contributed by atoms with Gasteiger partial charge in [-0.2, -0.15) is 0 Å².